The number of ether oxygens (including phenoxy) is 12. The molecular weight excluding hydrogens is 1010 g/mol. The predicted octanol–water partition coefficient (Wildman–Crippen LogP) is 2.87. The van der Waals surface area contributed by atoms with E-state index in [0.29, 0.717) is 38.9 Å². The van der Waals surface area contributed by atoms with Crippen molar-refractivity contribution in [2.45, 2.75) is 161 Å². The van der Waals surface area contributed by atoms with E-state index in [4.69, 9.17) is 94.6 Å². The summed E-state index contributed by atoms with van der Waals surface area (Å²) in [5.74, 6) is 2.85. The molecule has 3 rings (SSSR count). The van der Waals surface area contributed by atoms with E-state index in [2.05, 4.69) is 58.1 Å². The number of hydrogen-bond donors (Lipinski definition) is 5. The van der Waals surface area contributed by atoms with Gasteiger partial charge in [0.15, 0.2) is 36.4 Å². The van der Waals surface area contributed by atoms with Gasteiger partial charge in [0, 0.05) is 72.8 Å². The maximum Gasteiger partial charge on any atom is 1.00 e. The zero-order valence-corrected chi connectivity index (χ0v) is 49.7. The van der Waals surface area contributed by atoms with Crippen LogP contribution in [0.15, 0.2) is 24.7 Å². The quantitative estimate of drug-likeness (QED) is 0.0363. The van der Waals surface area contributed by atoms with E-state index in [0.717, 1.165) is 12.8 Å². The fourth-order valence-electron chi connectivity index (χ4n) is 4.93. The third-order valence-electron chi connectivity index (χ3n) is 11.0. The Labute approximate surface area is 466 Å². The van der Waals surface area contributed by atoms with Crippen molar-refractivity contribution in [3.05, 3.63) is 31.6 Å². The molecule has 0 radical (unpaired) electrons. The van der Waals surface area contributed by atoms with Gasteiger partial charge in [-0.05, 0) is 40.5 Å². The summed E-state index contributed by atoms with van der Waals surface area (Å²) < 4.78 is 60.1. The van der Waals surface area contributed by atoms with Crippen LogP contribution in [-0.2, 0) is 71.2 Å². The third kappa shape index (κ3) is 38.1. The first-order valence-corrected chi connectivity index (χ1v) is 27.3. The summed E-state index contributed by atoms with van der Waals surface area (Å²) in [5.41, 5.74) is -1.21. The molecule has 0 aliphatic carbocycles. The van der Waals surface area contributed by atoms with E-state index >= 15 is 0 Å². The third-order valence-corrected chi connectivity index (χ3v) is 11.9. The number of cyclic esters (lactones) is 4. The zero-order valence-electron chi connectivity index (χ0n) is 48.7. The molecule has 3 heterocycles. The number of methoxy groups -OCH3 is 6. The predicted molar refractivity (Wildman–Crippen MR) is 279 cm³/mol. The first-order chi connectivity index (χ1) is 34.8. The van der Waals surface area contributed by atoms with Crippen LogP contribution in [-0.4, -0.2) is 182 Å². The summed E-state index contributed by atoms with van der Waals surface area (Å²) in [4.78, 5) is 48.6. The molecule has 76 heavy (non-hydrogen) atoms. The Hall–Kier alpha value is -3.52. The Balaban J connectivity index is -0.000000194. The fraction of sp³-hybridized carbons (Fsp3) is 0.750. The van der Waals surface area contributed by atoms with Gasteiger partial charge in [0.2, 0.25) is 0 Å². The van der Waals surface area contributed by atoms with E-state index in [1.807, 2.05) is 13.8 Å². The molecule has 0 aromatic rings. The van der Waals surface area contributed by atoms with Gasteiger partial charge in [-0.2, -0.15) is 16.0 Å². The standard InChI is InChI=1S/C13H20O6.C9H14O5.C8H14O3.C6H12O3.C6H14O3.C5H10Si.C4H9.CO2.Li/c1-4-13(6-14)7-16-10(17-8-13)5-12(3)9(2)18-11(15)19-12;1-6-9(2,14-8(10)13-6)5-7(11-3)12-4;1-5-8(2,9)6-7(10-3)11-4;1-5(7)4-6(8-2)9-3;1-2-6(3-7,4-8)5-9;1-5-6(2,3)4;1-3-4-2;2-1-3;/h10,14H,2,4-8H2,1,3H3;7H,1,5H2,2-4H3;1,7,9H,6H2,2-4H3;6H,4H2,1-3H3;7-9H,2-5H2,1H3;1H,2-4H3;1,3-4H2,2H3;;/q;;;;;;-1;;+1. The number of aliphatic hydroxyl groups excluding tert-OH is 4. The van der Waals surface area contributed by atoms with Crippen molar-refractivity contribution in [3.8, 4) is 24.3 Å². The first kappa shape index (κ1) is 83.8. The van der Waals surface area contributed by atoms with E-state index < -0.39 is 61.5 Å². The van der Waals surface area contributed by atoms with Crippen LogP contribution in [0.4, 0.5) is 9.59 Å². The van der Waals surface area contributed by atoms with Gasteiger partial charge in [0.1, 0.15) is 31.0 Å². The Morgan fingerprint density at radius 1 is 0.803 bits per heavy atom. The molecule has 3 aliphatic rings. The van der Waals surface area contributed by atoms with Crippen molar-refractivity contribution in [1.29, 1.82) is 0 Å². The molecule has 3 unspecified atom stereocenters. The van der Waals surface area contributed by atoms with E-state index in [9.17, 15) is 24.6 Å². The number of Topliss-reactive ketones (excluding diaryl/α,β-unsaturated/α-hetero) is 1. The van der Waals surface area contributed by atoms with Crippen molar-refractivity contribution >= 4 is 32.3 Å². The smallest absolute Gasteiger partial charge is 0.419 e. The fourth-order valence-corrected chi connectivity index (χ4v) is 4.93. The number of hydrogen-bond acceptors (Lipinski definition) is 22. The first-order valence-electron chi connectivity index (χ1n) is 23.8. The van der Waals surface area contributed by atoms with Crippen LogP contribution >= 0.6 is 0 Å². The number of terminal acetylenes is 2. The molecule has 3 saturated heterocycles. The molecule has 3 aliphatic heterocycles. The Morgan fingerprint density at radius 3 is 1.38 bits per heavy atom. The minimum atomic E-state index is -1.16. The number of aliphatic hydroxyl groups is 5. The van der Waals surface area contributed by atoms with Gasteiger partial charge in [0.05, 0.1) is 46.1 Å². The SMILES string of the molecule is C#CC(C)(O)CC(OC)OC.C#C[Si](C)(C)C.C=C1OC(=O)OC1(C)CC(OC)OC.C=C1OC(=O)OC1(C)CC1OCC(CC)(CO)CO1.CCC(CO)(CO)CO.COC(CC(C)=O)OC.O=C=O.[CH2-]CCC.[Li+]. The number of rotatable bonds is 21. The number of unbranched alkanes of at least 4 members (excludes halogenated alkanes) is 1. The van der Waals surface area contributed by atoms with Crippen LogP contribution in [0.3, 0.4) is 0 Å². The number of carbonyl (C=O) groups is 3. The molecule has 22 nitrogen and oxygen atoms in total. The van der Waals surface area contributed by atoms with Crippen LogP contribution in [0.25, 0.3) is 0 Å². The van der Waals surface area contributed by atoms with Crippen LogP contribution < -0.4 is 18.9 Å². The molecule has 5 N–H and O–H groups in total. The second-order valence-electron chi connectivity index (χ2n) is 18.6. The molecule has 3 atom stereocenters. The average molecular weight is 1110 g/mol. The summed E-state index contributed by atoms with van der Waals surface area (Å²) in [6, 6.07) is 0. The molecule has 0 amide bonds. The van der Waals surface area contributed by atoms with Gasteiger partial charge in [-0.25, -0.2) is 9.59 Å². The molecule has 24 heteroatoms. The Bertz CT molecular complexity index is 1660. The van der Waals surface area contributed by atoms with E-state index in [-0.39, 0.29) is 86.9 Å². The normalized spacial score (nSPS) is 20.9. The number of carbonyl (C=O) groups excluding carboxylic acids is 5. The maximum absolute atomic E-state index is 11.1. The molecule has 0 bridgehead atoms. The summed E-state index contributed by atoms with van der Waals surface area (Å²) >= 11 is 0. The topological polar surface area (TPSA) is 297 Å². The monoisotopic (exact) mass is 1100 g/mol. The maximum atomic E-state index is 11.1. The van der Waals surface area contributed by atoms with Crippen LogP contribution in [0.5, 0.6) is 0 Å². The van der Waals surface area contributed by atoms with Crippen LogP contribution in [0.2, 0.25) is 19.6 Å². The minimum Gasteiger partial charge on any atom is -0.419 e. The van der Waals surface area contributed by atoms with Crippen molar-refractivity contribution in [1.82, 2.24) is 0 Å². The van der Waals surface area contributed by atoms with E-state index in [1.54, 1.807) is 13.8 Å². The Kier molecular flexibility index (Phi) is 50.0. The van der Waals surface area contributed by atoms with Gasteiger partial charge in [-0.15, -0.1) is 18.4 Å². The van der Waals surface area contributed by atoms with Crippen molar-refractivity contribution < 1.29 is 125 Å². The zero-order chi connectivity index (χ0) is 59.7. The number of ketones is 1. The van der Waals surface area contributed by atoms with Crippen molar-refractivity contribution in [2.24, 2.45) is 10.8 Å². The van der Waals surface area contributed by atoms with Crippen LogP contribution in [0.1, 0.15) is 99.8 Å². The van der Waals surface area contributed by atoms with Gasteiger partial charge >= 0.3 is 37.3 Å². The minimum absolute atomic E-state index is 0. The summed E-state index contributed by atoms with van der Waals surface area (Å²) in [5, 5.41) is 44.7. The largest absolute Gasteiger partial charge is 1.00 e. The van der Waals surface area contributed by atoms with Gasteiger partial charge in [0.25, 0.3) is 0 Å². The molecular formula is C52H93LiO22Si. The van der Waals surface area contributed by atoms with Gasteiger partial charge in [-0.3, -0.25) is 4.79 Å². The molecule has 0 aromatic heterocycles. The van der Waals surface area contributed by atoms with Gasteiger partial charge in [-0.1, -0.05) is 65.9 Å². The Morgan fingerprint density at radius 2 is 1.17 bits per heavy atom. The molecule has 0 saturated carbocycles. The molecule has 3 fully saturated rings. The summed E-state index contributed by atoms with van der Waals surface area (Å²) in [6.45, 7) is 30.1. The van der Waals surface area contributed by atoms with E-state index in [1.165, 1.54) is 62.9 Å². The second kappa shape index (κ2) is 45.4. The van der Waals surface area contributed by atoms with Crippen LogP contribution in [0, 0.1) is 42.1 Å². The summed E-state index contributed by atoms with van der Waals surface area (Å²) in [7, 11) is 7.94. The van der Waals surface area contributed by atoms with Crippen molar-refractivity contribution in [2.75, 3.05) is 82.3 Å². The molecule has 0 spiro atoms. The second-order valence-corrected chi connectivity index (χ2v) is 23.4. The molecule has 0 aromatic carbocycles. The average Bonchev–Trinajstić information content (AvgIpc) is 3.80. The summed E-state index contributed by atoms with van der Waals surface area (Å²) in [6.07, 6.45) is 12.1. The van der Waals surface area contributed by atoms with Crippen molar-refractivity contribution in [3.63, 3.8) is 0 Å². The molecule has 438 valence electrons. The van der Waals surface area contributed by atoms with Gasteiger partial charge < -0.3 is 89.3 Å².